The van der Waals surface area contributed by atoms with Crippen LogP contribution in [0.1, 0.15) is 34.1 Å². The van der Waals surface area contributed by atoms with Crippen LogP contribution in [0, 0.1) is 0 Å². The molecule has 0 bridgehead atoms. The van der Waals surface area contributed by atoms with Gasteiger partial charge in [0.25, 0.3) is 5.91 Å². The highest BCUT2D eigenvalue weighted by molar-refractivity contribution is 5.99. The molecule has 4 aromatic rings. The molecule has 1 aliphatic heterocycles. The molecule has 150 valence electrons. The highest BCUT2D eigenvalue weighted by Crippen LogP contribution is 2.33. The smallest absolute Gasteiger partial charge is 0.287 e. The molecule has 1 N–H and O–H groups in total. The molecule has 1 amide bonds. The van der Waals surface area contributed by atoms with E-state index in [1.165, 1.54) is 0 Å². The Bertz CT molecular complexity index is 1180. The number of nitrogens with one attached hydrogen (secondary N) is 1. The van der Waals surface area contributed by atoms with Crippen molar-refractivity contribution in [2.75, 3.05) is 6.61 Å². The summed E-state index contributed by atoms with van der Waals surface area (Å²) in [5.74, 6) is 1.59. The van der Waals surface area contributed by atoms with E-state index in [2.05, 4.69) is 5.32 Å². The summed E-state index contributed by atoms with van der Waals surface area (Å²) in [6, 6.07) is 24.8. The van der Waals surface area contributed by atoms with Gasteiger partial charge in [0.15, 0.2) is 5.76 Å². The zero-order chi connectivity index (χ0) is 20.3. The molecular weight excluding hydrogens is 378 g/mol. The number of hydrogen-bond donors (Lipinski definition) is 1. The maximum atomic E-state index is 13.2. The maximum Gasteiger partial charge on any atom is 0.287 e. The second kappa shape index (κ2) is 7.95. The van der Waals surface area contributed by atoms with E-state index in [1.54, 1.807) is 0 Å². The first-order valence-corrected chi connectivity index (χ1v) is 10.0. The number of furan rings is 1. The summed E-state index contributed by atoms with van der Waals surface area (Å²) >= 11 is 0. The summed E-state index contributed by atoms with van der Waals surface area (Å²) in [4.78, 5) is 13.2. The molecule has 0 fully saturated rings. The number of amides is 1. The first kappa shape index (κ1) is 18.3. The van der Waals surface area contributed by atoms with Crippen LogP contribution in [0.5, 0.6) is 11.5 Å². The molecule has 5 rings (SSSR count). The van der Waals surface area contributed by atoms with Crippen LogP contribution in [0.15, 0.2) is 83.3 Å². The quantitative estimate of drug-likeness (QED) is 0.497. The summed E-state index contributed by atoms with van der Waals surface area (Å²) in [5.41, 5.74) is 2.39. The van der Waals surface area contributed by atoms with Gasteiger partial charge in [-0.25, -0.2) is 0 Å². The third kappa shape index (κ3) is 3.50. The average Bonchev–Trinajstić information content (AvgIpc) is 3.17. The lowest BCUT2D eigenvalue weighted by Crippen LogP contribution is -2.32. The number of carbonyl (C=O) groups excluding carboxylic acids is 1. The number of para-hydroxylation sites is 3. The van der Waals surface area contributed by atoms with E-state index >= 15 is 0 Å². The zero-order valence-electron chi connectivity index (χ0n) is 16.3. The Kier molecular flexibility index (Phi) is 4.85. The Balaban J connectivity index is 1.44. The maximum absolute atomic E-state index is 13.2. The van der Waals surface area contributed by atoms with Crippen molar-refractivity contribution in [1.29, 1.82) is 0 Å². The summed E-state index contributed by atoms with van der Waals surface area (Å²) in [5, 5.41) is 4.00. The Labute approximate surface area is 174 Å². The van der Waals surface area contributed by atoms with E-state index in [4.69, 9.17) is 13.9 Å². The summed E-state index contributed by atoms with van der Waals surface area (Å²) in [6.45, 7) is 0.806. The van der Waals surface area contributed by atoms with Crippen molar-refractivity contribution in [2.45, 2.75) is 19.1 Å². The first-order chi connectivity index (χ1) is 14.8. The molecule has 1 aromatic heterocycles. The van der Waals surface area contributed by atoms with Crippen LogP contribution in [0.2, 0.25) is 0 Å². The van der Waals surface area contributed by atoms with Gasteiger partial charge in [-0.05, 0) is 24.3 Å². The summed E-state index contributed by atoms with van der Waals surface area (Å²) in [6.07, 6.45) is 0.707. The van der Waals surface area contributed by atoms with Crippen LogP contribution < -0.4 is 14.8 Å². The molecule has 0 spiro atoms. The van der Waals surface area contributed by atoms with E-state index in [0.29, 0.717) is 18.6 Å². The van der Waals surface area contributed by atoms with Gasteiger partial charge in [0.05, 0.1) is 12.6 Å². The Morgan fingerprint density at radius 3 is 2.63 bits per heavy atom. The summed E-state index contributed by atoms with van der Waals surface area (Å²) < 4.78 is 17.6. The normalized spacial score (nSPS) is 15.3. The van der Waals surface area contributed by atoms with Gasteiger partial charge in [-0.1, -0.05) is 54.6 Å². The standard InChI is InChI=1S/C25H21NO4/c27-25(26-21-14-15-28-22-12-6-5-11-19(21)22)24-20(16-29-17-8-2-1-3-9-17)18-10-4-7-13-23(18)30-24/h1-13,21H,14-16H2,(H,26,27)/t21-/m0/s1. The first-order valence-electron chi connectivity index (χ1n) is 10.0. The molecule has 5 heteroatoms. The predicted octanol–water partition coefficient (Wildman–Crippen LogP) is 5.27. The fraction of sp³-hybridized carbons (Fsp3) is 0.160. The molecule has 30 heavy (non-hydrogen) atoms. The molecule has 0 saturated carbocycles. The van der Waals surface area contributed by atoms with Crippen molar-refractivity contribution >= 4 is 16.9 Å². The second-order valence-corrected chi connectivity index (χ2v) is 7.21. The van der Waals surface area contributed by atoms with Crippen LogP contribution in [-0.4, -0.2) is 12.5 Å². The van der Waals surface area contributed by atoms with Crippen LogP contribution in [0.3, 0.4) is 0 Å². The topological polar surface area (TPSA) is 60.7 Å². The van der Waals surface area contributed by atoms with Crippen LogP contribution in [0.25, 0.3) is 11.0 Å². The van der Waals surface area contributed by atoms with Gasteiger partial charge in [-0.3, -0.25) is 4.79 Å². The lowest BCUT2D eigenvalue weighted by atomic mass is 10.0. The van der Waals surface area contributed by atoms with Gasteiger partial charge < -0.3 is 19.2 Å². The Hall–Kier alpha value is -3.73. The number of carbonyl (C=O) groups is 1. The minimum absolute atomic E-state index is 0.126. The van der Waals surface area contributed by atoms with Crippen molar-refractivity contribution in [3.63, 3.8) is 0 Å². The largest absolute Gasteiger partial charge is 0.493 e. The lowest BCUT2D eigenvalue weighted by molar-refractivity contribution is 0.0895. The molecule has 0 unspecified atom stereocenters. The van der Waals surface area contributed by atoms with Gasteiger partial charge in [0.2, 0.25) is 0 Å². The number of ether oxygens (including phenoxy) is 2. The fourth-order valence-corrected chi connectivity index (χ4v) is 3.81. The Morgan fingerprint density at radius 2 is 1.73 bits per heavy atom. The third-order valence-electron chi connectivity index (χ3n) is 5.29. The molecule has 1 aliphatic rings. The van der Waals surface area contributed by atoms with Gasteiger partial charge >= 0.3 is 0 Å². The minimum Gasteiger partial charge on any atom is -0.493 e. The van der Waals surface area contributed by atoms with Gasteiger partial charge in [0, 0.05) is 22.9 Å². The van der Waals surface area contributed by atoms with E-state index in [1.807, 2.05) is 78.9 Å². The molecule has 3 aromatic carbocycles. The van der Waals surface area contributed by atoms with Crippen molar-refractivity contribution in [3.05, 3.63) is 95.7 Å². The predicted molar refractivity (Wildman–Crippen MR) is 114 cm³/mol. The Morgan fingerprint density at radius 1 is 0.967 bits per heavy atom. The molecule has 1 atom stereocenters. The third-order valence-corrected chi connectivity index (χ3v) is 5.29. The molecule has 0 aliphatic carbocycles. The number of rotatable bonds is 5. The molecule has 5 nitrogen and oxygen atoms in total. The highest BCUT2D eigenvalue weighted by atomic mass is 16.5. The van der Waals surface area contributed by atoms with Gasteiger partial charge in [-0.15, -0.1) is 0 Å². The van der Waals surface area contributed by atoms with Crippen LogP contribution in [-0.2, 0) is 6.61 Å². The van der Waals surface area contributed by atoms with Crippen molar-refractivity contribution < 1.29 is 18.7 Å². The fourth-order valence-electron chi connectivity index (χ4n) is 3.81. The summed E-state index contributed by atoms with van der Waals surface area (Å²) in [7, 11) is 0. The van der Waals surface area contributed by atoms with E-state index in [0.717, 1.165) is 28.0 Å². The molecule has 0 radical (unpaired) electrons. The zero-order valence-corrected chi connectivity index (χ0v) is 16.3. The van der Waals surface area contributed by atoms with Crippen molar-refractivity contribution in [2.24, 2.45) is 0 Å². The lowest BCUT2D eigenvalue weighted by Gasteiger charge is -2.26. The molecular formula is C25H21NO4. The number of hydrogen-bond acceptors (Lipinski definition) is 4. The van der Waals surface area contributed by atoms with E-state index in [9.17, 15) is 4.79 Å². The molecule has 2 heterocycles. The second-order valence-electron chi connectivity index (χ2n) is 7.21. The SMILES string of the molecule is O=C(N[C@H]1CCOc2ccccc21)c1oc2ccccc2c1COc1ccccc1. The number of benzene rings is 3. The minimum atomic E-state index is -0.250. The van der Waals surface area contributed by atoms with Crippen molar-refractivity contribution in [3.8, 4) is 11.5 Å². The van der Waals surface area contributed by atoms with Crippen molar-refractivity contribution in [1.82, 2.24) is 5.32 Å². The number of fused-ring (bicyclic) bond motifs is 2. The van der Waals surface area contributed by atoms with Gasteiger partial charge in [-0.2, -0.15) is 0 Å². The van der Waals surface area contributed by atoms with Gasteiger partial charge in [0.1, 0.15) is 23.7 Å². The van der Waals surface area contributed by atoms with Crippen LogP contribution >= 0.6 is 0 Å². The monoisotopic (exact) mass is 399 g/mol. The van der Waals surface area contributed by atoms with E-state index in [-0.39, 0.29) is 24.3 Å². The average molecular weight is 399 g/mol. The molecule has 0 saturated heterocycles. The highest BCUT2D eigenvalue weighted by Gasteiger charge is 2.27. The van der Waals surface area contributed by atoms with E-state index < -0.39 is 0 Å². The van der Waals surface area contributed by atoms with Crippen LogP contribution in [0.4, 0.5) is 0 Å².